The van der Waals surface area contributed by atoms with E-state index in [1.807, 2.05) is 30.3 Å². The van der Waals surface area contributed by atoms with Gasteiger partial charge in [-0.2, -0.15) is 5.26 Å². The molecule has 1 aliphatic rings. The van der Waals surface area contributed by atoms with Crippen LogP contribution in [0.5, 0.6) is 0 Å². The number of alkyl halides is 1. The molecular weight excluding hydrogens is 355 g/mol. The fourth-order valence-corrected chi connectivity index (χ4v) is 3.75. The first-order valence-corrected chi connectivity index (χ1v) is 9.38. The molecule has 142 valence electrons. The van der Waals surface area contributed by atoms with E-state index in [4.69, 9.17) is 0 Å². The number of benzene rings is 2. The molecule has 0 spiro atoms. The number of H-pyrrole nitrogens is 1. The molecule has 1 saturated heterocycles. The van der Waals surface area contributed by atoms with E-state index in [1.54, 1.807) is 29.3 Å². The lowest BCUT2D eigenvalue weighted by Crippen LogP contribution is -2.49. The van der Waals surface area contributed by atoms with E-state index < -0.39 is 6.17 Å². The monoisotopic (exact) mass is 376 g/mol. The average Bonchev–Trinajstić information content (AvgIpc) is 3.18. The van der Waals surface area contributed by atoms with E-state index in [1.165, 1.54) is 0 Å². The molecule has 0 radical (unpaired) electrons. The second kappa shape index (κ2) is 7.83. The normalized spacial score (nSPS) is 16.1. The smallest absolute Gasteiger partial charge is 0.254 e. The van der Waals surface area contributed by atoms with Gasteiger partial charge in [-0.05, 0) is 17.7 Å². The predicted molar refractivity (Wildman–Crippen MR) is 106 cm³/mol. The van der Waals surface area contributed by atoms with Crippen molar-refractivity contribution in [1.29, 1.82) is 5.26 Å². The van der Waals surface area contributed by atoms with Gasteiger partial charge in [0.05, 0.1) is 11.1 Å². The topological polar surface area (TPSA) is 63.1 Å². The van der Waals surface area contributed by atoms with Crippen LogP contribution in [0.15, 0.2) is 54.7 Å². The Bertz CT molecular complexity index is 1020. The summed E-state index contributed by atoms with van der Waals surface area (Å²) >= 11 is 0. The van der Waals surface area contributed by atoms with Crippen molar-refractivity contribution < 1.29 is 9.18 Å². The Morgan fingerprint density at radius 2 is 1.86 bits per heavy atom. The van der Waals surface area contributed by atoms with Gasteiger partial charge in [0, 0.05) is 49.8 Å². The summed E-state index contributed by atoms with van der Waals surface area (Å²) in [6.07, 6.45) is 0.597. The van der Waals surface area contributed by atoms with Crippen LogP contribution in [0, 0.1) is 11.3 Å². The summed E-state index contributed by atoms with van der Waals surface area (Å²) in [5.74, 6) is -0.0822. The summed E-state index contributed by atoms with van der Waals surface area (Å²) in [6.45, 7) is 2.69. The van der Waals surface area contributed by atoms with Crippen LogP contribution in [-0.4, -0.2) is 53.4 Å². The maximum absolute atomic E-state index is 14.5. The minimum atomic E-state index is -1.03. The molecular formula is C22H21FN4O. The van der Waals surface area contributed by atoms with E-state index in [9.17, 15) is 14.4 Å². The number of aromatic amines is 1. The maximum Gasteiger partial charge on any atom is 0.254 e. The van der Waals surface area contributed by atoms with Crippen molar-refractivity contribution in [3.05, 3.63) is 71.4 Å². The number of hydrogen-bond donors (Lipinski definition) is 1. The van der Waals surface area contributed by atoms with Gasteiger partial charge in [-0.3, -0.25) is 9.69 Å². The fourth-order valence-electron chi connectivity index (χ4n) is 3.75. The molecule has 4 rings (SSSR count). The predicted octanol–water partition coefficient (Wildman–Crippen LogP) is 3.51. The molecule has 1 unspecified atom stereocenters. The fraction of sp³-hybridized carbons (Fsp3) is 0.273. The van der Waals surface area contributed by atoms with Gasteiger partial charge in [0.2, 0.25) is 0 Å². The van der Waals surface area contributed by atoms with Crippen LogP contribution in [0.4, 0.5) is 4.39 Å². The summed E-state index contributed by atoms with van der Waals surface area (Å²) in [7, 11) is 0. The lowest BCUT2D eigenvalue weighted by molar-refractivity contribution is 0.0604. The Hall–Kier alpha value is -3.17. The number of hydrogen-bond acceptors (Lipinski definition) is 3. The molecule has 1 aliphatic heterocycles. The van der Waals surface area contributed by atoms with Crippen LogP contribution in [0.1, 0.15) is 27.7 Å². The van der Waals surface area contributed by atoms with E-state index in [-0.39, 0.29) is 5.91 Å². The van der Waals surface area contributed by atoms with Gasteiger partial charge >= 0.3 is 0 Å². The van der Waals surface area contributed by atoms with E-state index in [0.29, 0.717) is 54.8 Å². The van der Waals surface area contributed by atoms with Crippen molar-refractivity contribution in [2.24, 2.45) is 0 Å². The highest BCUT2D eigenvalue weighted by molar-refractivity contribution is 6.08. The number of rotatable bonds is 4. The third kappa shape index (κ3) is 3.49. The van der Waals surface area contributed by atoms with Gasteiger partial charge in [-0.15, -0.1) is 0 Å². The van der Waals surface area contributed by atoms with Gasteiger partial charge in [0.15, 0.2) is 0 Å². The first-order valence-electron chi connectivity index (χ1n) is 9.38. The number of piperazine rings is 1. The van der Waals surface area contributed by atoms with Crippen LogP contribution >= 0.6 is 0 Å². The van der Waals surface area contributed by atoms with Gasteiger partial charge in [-0.25, -0.2) is 4.39 Å². The highest BCUT2D eigenvalue weighted by Gasteiger charge is 2.26. The molecule has 6 heteroatoms. The standard InChI is InChI=1S/C22H21FN4O/c23-19(16-5-2-1-3-6-16)15-26-9-11-27(12-10-26)22(28)18-7-4-8-20-21(18)17(13-24)14-25-20/h1-8,14,19,25H,9-12,15H2. The maximum atomic E-state index is 14.5. The van der Waals surface area contributed by atoms with Gasteiger partial charge in [0.1, 0.15) is 12.2 Å². The molecule has 5 nitrogen and oxygen atoms in total. The zero-order chi connectivity index (χ0) is 19.5. The Balaban J connectivity index is 1.42. The van der Waals surface area contributed by atoms with Gasteiger partial charge in [-0.1, -0.05) is 36.4 Å². The minimum absolute atomic E-state index is 0.0822. The molecule has 1 N–H and O–H groups in total. The Labute approximate surface area is 163 Å². The van der Waals surface area contributed by atoms with E-state index in [0.717, 1.165) is 5.52 Å². The van der Waals surface area contributed by atoms with Crippen LogP contribution in [0.2, 0.25) is 0 Å². The Morgan fingerprint density at radius 3 is 2.57 bits per heavy atom. The molecule has 1 amide bonds. The largest absolute Gasteiger partial charge is 0.360 e. The van der Waals surface area contributed by atoms with Crippen LogP contribution in [0.25, 0.3) is 10.9 Å². The van der Waals surface area contributed by atoms with Crippen LogP contribution < -0.4 is 0 Å². The van der Waals surface area contributed by atoms with Crippen LogP contribution in [0.3, 0.4) is 0 Å². The second-order valence-electron chi connectivity index (χ2n) is 7.01. The molecule has 1 aromatic heterocycles. The average molecular weight is 376 g/mol. The quantitative estimate of drug-likeness (QED) is 0.758. The SMILES string of the molecule is N#Cc1c[nH]c2cccc(C(=O)N3CCN(CC(F)c4ccccc4)CC3)c12. The van der Waals surface area contributed by atoms with E-state index in [2.05, 4.69) is 16.0 Å². The number of amides is 1. The molecule has 0 aliphatic carbocycles. The number of nitrogens with zero attached hydrogens (tertiary/aromatic N) is 3. The Morgan fingerprint density at radius 1 is 1.11 bits per heavy atom. The summed E-state index contributed by atoms with van der Waals surface area (Å²) in [4.78, 5) is 19.9. The van der Waals surface area contributed by atoms with Crippen molar-refractivity contribution in [3.8, 4) is 6.07 Å². The number of carbonyl (C=O) groups is 1. The lowest BCUT2D eigenvalue weighted by Gasteiger charge is -2.35. The van der Waals surface area contributed by atoms with Gasteiger partial charge < -0.3 is 9.88 Å². The van der Waals surface area contributed by atoms with Crippen molar-refractivity contribution in [1.82, 2.24) is 14.8 Å². The second-order valence-corrected chi connectivity index (χ2v) is 7.01. The molecule has 1 fully saturated rings. The highest BCUT2D eigenvalue weighted by atomic mass is 19.1. The molecule has 0 saturated carbocycles. The van der Waals surface area contributed by atoms with Gasteiger partial charge in [0.25, 0.3) is 5.91 Å². The third-order valence-electron chi connectivity index (χ3n) is 5.30. The lowest BCUT2D eigenvalue weighted by atomic mass is 10.0. The molecule has 2 heterocycles. The van der Waals surface area contributed by atoms with Crippen molar-refractivity contribution in [2.45, 2.75) is 6.17 Å². The zero-order valence-electron chi connectivity index (χ0n) is 15.4. The zero-order valence-corrected chi connectivity index (χ0v) is 15.4. The molecule has 1 atom stereocenters. The number of halogens is 1. The molecule has 2 aromatic carbocycles. The summed E-state index contributed by atoms with van der Waals surface area (Å²) in [5.41, 5.74) is 2.48. The Kier molecular flexibility index (Phi) is 5.09. The van der Waals surface area contributed by atoms with E-state index >= 15 is 0 Å². The highest BCUT2D eigenvalue weighted by Crippen LogP contribution is 2.24. The summed E-state index contributed by atoms with van der Waals surface area (Å²) in [5, 5.41) is 9.99. The number of aromatic nitrogens is 1. The summed E-state index contributed by atoms with van der Waals surface area (Å²) < 4.78 is 14.5. The number of carbonyl (C=O) groups excluding carboxylic acids is 1. The number of nitrogens with one attached hydrogen (secondary N) is 1. The molecule has 3 aromatic rings. The number of fused-ring (bicyclic) bond motifs is 1. The van der Waals surface area contributed by atoms with Crippen molar-refractivity contribution in [2.75, 3.05) is 32.7 Å². The first-order chi connectivity index (χ1) is 13.7. The minimum Gasteiger partial charge on any atom is -0.360 e. The number of nitriles is 1. The first kappa shape index (κ1) is 18.2. The summed E-state index contributed by atoms with van der Waals surface area (Å²) in [6, 6.07) is 16.7. The van der Waals surface area contributed by atoms with Crippen LogP contribution in [-0.2, 0) is 0 Å². The van der Waals surface area contributed by atoms with Crippen molar-refractivity contribution >= 4 is 16.8 Å². The van der Waals surface area contributed by atoms with Crippen molar-refractivity contribution in [3.63, 3.8) is 0 Å². The molecule has 28 heavy (non-hydrogen) atoms. The molecule has 0 bridgehead atoms. The third-order valence-corrected chi connectivity index (χ3v) is 5.30.